The number of carbonyl (C=O) groups excluding carboxylic acids is 1. The highest BCUT2D eigenvalue weighted by atomic mass is 79.9. The van der Waals surface area contributed by atoms with Crippen LogP contribution in [0.2, 0.25) is 0 Å². The van der Waals surface area contributed by atoms with Crippen LogP contribution < -0.4 is 5.43 Å². The van der Waals surface area contributed by atoms with Gasteiger partial charge in [0.15, 0.2) is 0 Å². The zero-order valence-electron chi connectivity index (χ0n) is 9.88. The highest BCUT2D eigenvalue weighted by Gasteiger charge is 2.08. The molecule has 0 radical (unpaired) electrons. The predicted octanol–water partition coefficient (Wildman–Crippen LogP) is 2.92. The van der Waals surface area contributed by atoms with E-state index < -0.39 is 5.91 Å². The number of carbonyl (C=O) groups is 1. The van der Waals surface area contributed by atoms with E-state index in [4.69, 9.17) is 0 Å². The maximum Gasteiger partial charge on any atom is 0.275 e. The van der Waals surface area contributed by atoms with Gasteiger partial charge in [-0.1, -0.05) is 46.3 Å². The van der Waals surface area contributed by atoms with E-state index >= 15 is 0 Å². The number of nitrogens with zero attached hydrogens (tertiary/aromatic N) is 1. The summed E-state index contributed by atoms with van der Waals surface area (Å²) in [5.41, 5.74) is 3.40. The molecule has 1 amide bonds. The topological polar surface area (TPSA) is 61.7 Å². The van der Waals surface area contributed by atoms with Gasteiger partial charge in [-0.15, -0.1) is 0 Å². The molecule has 0 spiro atoms. The molecular weight excluding hydrogens is 308 g/mol. The SMILES string of the molecule is O=C(NN=Cc1ccccc1Br)c1ccccc1O. The number of hydrogen-bond acceptors (Lipinski definition) is 3. The first-order valence-electron chi connectivity index (χ1n) is 5.54. The van der Waals surface area contributed by atoms with E-state index in [-0.39, 0.29) is 11.3 Å². The van der Waals surface area contributed by atoms with Gasteiger partial charge in [0.05, 0.1) is 11.8 Å². The molecule has 0 aliphatic rings. The number of benzene rings is 2. The summed E-state index contributed by atoms with van der Waals surface area (Å²) >= 11 is 3.38. The Morgan fingerprint density at radius 2 is 1.84 bits per heavy atom. The third-order valence-corrected chi connectivity index (χ3v) is 3.15. The Kier molecular flexibility index (Phi) is 4.30. The number of hydrogen-bond donors (Lipinski definition) is 2. The number of nitrogens with one attached hydrogen (secondary N) is 1. The molecule has 0 aliphatic heterocycles. The van der Waals surface area contributed by atoms with E-state index in [1.54, 1.807) is 12.1 Å². The average Bonchev–Trinajstić information content (AvgIpc) is 2.41. The second kappa shape index (κ2) is 6.15. The molecule has 0 unspecified atom stereocenters. The molecule has 0 aliphatic carbocycles. The summed E-state index contributed by atoms with van der Waals surface area (Å²) in [7, 11) is 0. The van der Waals surface area contributed by atoms with Crippen molar-refractivity contribution in [2.45, 2.75) is 0 Å². The summed E-state index contributed by atoms with van der Waals surface area (Å²) in [6, 6.07) is 13.8. The van der Waals surface area contributed by atoms with E-state index in [0.717, 1.165) is 10.0 Å². The number of phenols is 1. The number of phenolic OH excluding ortho intramolecular Hbond substituents is 1. The highest BCUT2D eigenvalue weighted by Crippen LogP contribution is 2.15. The Labute approximate surface area is 118 Å². The Morgan fingerprint density at radius 1 is 1.16 bits per heavy atom. The van der Waals surface area contributed by atoms with E-state index in [1.165, 1.54) is 18.3 Å². The third kappa shape index (κ3) is 3.42. The van der Waals surface area contributed by atoms with Crippen LogP contribution in [0.3, 0.4) is 0 Å². The number of halogens is 1. The van der Waals surface area contributed by atoms with Crippen LogP contribution >= 0.6 is 15.9 Å². The van der Waals surface area contributed by atoms with Crippen molar-refractivity contribution < 1.29 is 9.90 Å². The van der Waals surface area contributed by atoms with Crippen molar-refractivity contribution in [2.75, 3.05) is 0 Å². The summed E-state index contributed by atoms with van der Waals surface area (Å²) in [6.45, 7) is 0. The molecule has 2 rings (SSSR count). The third-order valence-electron chi connectivity index (χ3n) is 2.42. The van der Waals surface area contributed by atoms with Gasteiger partial charge in [-0.2, -0.15) is 5.10 Å². The van der Waals surface area contributed by atoms with Gasteiger partial charge >= 0.3 is 0 Å². The fraction of sp³-hybridized carbons (Fsp3) is 0. The zero-order valence-corrected chi connectivity index (χ0v) is 11.5. The summed E-state index contributed by atoms with van der Waals surface area (Å²) < 4.78 is 0.885. The molecule has 4 nitrogen and oxygen atoms in total. The summed E-state index contributed by atoms with van der Waals surface area (Å²) in [5, 5.41) is 13.4. The largest absolute Gasteiger partial charge is 0.507 e. The smallest absolute Gasteiger partial charge is 0.275 e. The molecule has 0 saturated heterocycles. The van der Waals surface area contributed by atoms with Crippen molar-refractivity contribution >= 4 is 28.1 Å². The first kappa shape index (κ1) is 13.3. The van der Waals surface area contributed by atoms with E-state index in [2.05, 4.69) is 26.5 Å². The standard InChI is InChI=1S/C14H11BrN2O2/c15-12-7-3-1-5-10(12)9-16-17-14(19)11-6-2-4-8-13(11)18/h1-9,18H,(H,17,19). The molecule has 2 N–H and O–H groups in total. The molecule has 2 aromatic rings. The van der Waals surface area contributed by atoms with Crippen LogP contribution in [0, 0.1) is 0 Å². The number of rotatable bonds is 3. The number of amides is 1. The minimum absolute atomic E-state index is 0.0731. The van der Waals surface area contributed by atoms with Crippen LogP contribution in [0.4, 0.5) is 0 Å². The lowest BCUT2D eigenvalue weighted by molar-refractivity contribution is 0.0952. The molecule has 0 fully saturated rings. The minimum atomic E-state index is -0.457. The second-order valence-electron chi connectivity index (χ2n) is 3.74. The minimum Gasteiger partial charge on any atom is -0.507 e. The lowest BCUT2D eigenvalue weighted by atomic mass is 10.2. The molecule has 0 atom stereocenters. The summed E-state index contributed by atoms with van der Waals surface area (Å²) in [5.74, 6) is -0.530. The van der Waals surface area contributed by atoms with Gasteiger partial charge in [-0.3, -0.25) is 4.79 Å². The van der Waals surface area contributed by atoms with E-state index in [9.17, 15) is 9.90 Å². The molecule has 96 valence electrons. The molecule has 0 heterocycles. The molecule has 5 heteroatoms. The Morgan fingerprint density at radius 3 is 2.58 bits per heavy atom. The van der Waals surface area contributed by atoms with Crippen LogP contribution in [0.1, 0.15) is 15.9 Å². The van der Waals surface area contributed by atoms with Crippen LogP contribution in [0.5, 0.6) is 5.75 Å². The fourth-order valence-corrected chi connectivity index (χ4v) is 1.85. The van der Waals surface area contributed by atoms with Gasteiger partial charge < -0.3 is 5.11 Å². The van der Waals surface area contributed by atoms with Crippen LogP contribution in [0.15, 0.2) is 58.1 Å². The first-order valence-corrected chi connectivity index (χ1v) is 6.33. The molecule has 0 aromatic heterocycles. The monoisotopic (exact) mass is 318 g/mol. The van der Waals surface area contributed by atoms with Crippen molar-refractivity contribution in [1.29, 1.82) is 0 Å². The Balaban J connectivity index is 2.06. The first-order chi connectivity index (χ1) is 9.18. The average molecular weight is 319 g/mol. The molecule has 0 bridgehead atoms. The van der Waals surface area contributed by atoms with Gasteiger partial charge in [0.1, 0.15) is 5.75 Å². The summed E-state index contributed by atoms with van der Waals surface area (Å²) in [4.78, 5) is 11.7. The fourth-order valence-electron chi connectivity index (χ4n) is 1.47. The van der Waals surface area contributed by atoms with Crippen molar-refractivity contribution in [2.24, 2.45) is 5.10 Å². The maximum absolute atomic E-state index is 11.7. The summed E-state index contributed by atoms with van der Waals surface area (Å²) in [6.07, 6.45) is 1.53. The second-order valence-corrected chi connectivity index (χ2v) is 4.59. The normalized spacial score (nSPS) is 10.6. The van der Waals surface area contributed by atoms with Crippen molar-refractivity contribution in [3.05, 3.63) is 64.1 Å². The van der Waals surface area contributed by atoms with E-state index in [1.807, 2.05) is 24.3 Å². The van der Waals surface area contributed by atoms with Gasteiger partial charge in [-0.25, -0.2) is 5.43 Å². The Hall–Kier alpha value is -2.14. The van der Waals surface area contributed by atoms with Gasteiger partial charge in [0.25, 0.3) is 5.91 Å². The van der Waals surface area contributed by atoms with E-state index in [0.29, 0.717) is 0 Å². The lowest BCUT2D eigenvalue weighted by Crippen LogP contribution is -2.17. The quantitative estimate of drug-likeness (QED) is 0.675. The molecular formula is C14H11BrN2O2. The van der Waals surface area contributed by atoms with Crippen LogP contribution in [-0.2, 0) is 0 Å². The zero-order chi connectivity index (χ0) is 13.7. The Bertz CT molecular complexity index is 626. The van der Waals surface area contributed by atoms with Crippen molar-refractivity contribution in [3.63, 3.8) is 0 Å². The van der Waals surface area contributed by atoms with Gasteiger partial charge in [0, 0.05) is 10.0 Å². The van der Waals surface area contributed by atoms with Gasteiger partial charge in [0.2, 0.25) is 0 Å². The number of aromatic hydroxyl groups is 1. The van der Waals surface area contributed by atoms with Gasteiger partial charge in [-0.05, 0) is 18.2 Å². The maximum atomic E-state index is 11.7. The lowest BCUT2D eigenvalue weighted by Gasteiger charge is -2.02. The highest BCUT2D eigenvalue weighted by molar-refractivity contribution is 9.10. The van der Waals surface area contributed by atoms with Crippen LogP contribution in [0.25, 0.3) is 0 Å². The molecule has 2 aromatic carbocycles. The van der Waals surface area contributed by atoms with Crippen LogP contribution in [-0.4, -0.2) is 17.2 Å². The molecule has 0 saturated carbocycles. The number of hydrazone groups is 1. The predicted molar refractivity (Wildman–Crippen MR) is 77.3 cm³/mol. The van der Waals surface area contributed by atoms with Crippen molar-refractivity contribution in [3.8, 4) is 5.75 Å². The van der Waals surface area contributed by atoms with Crippen molar-refractivity contribution in [1.82, 2.24) is 5.43 Å². The molecule has 19 heavy (non-hydrogen) atoms. The number of para-hydroxylation sites is 1.